The number of rotatable bonds is 9. The Kier molecular flexibility index (Phi) is 8.68. The van der Waals surface area contributed by atoms with Gasteiger partial charge in [0.2, 0.25) is 5.91 Å². The Bertz CT molecular complexity index is 819. The van der Waals surface area contributed by atoms with Crippen molar-refractivity contribution >= 4 is 23.4 Å². The van der Waals surface area contributed by atoms with Gasteiger partial charge in [-0.05, 0) is 61.8 Å². The maximum atomic E-state index is 12.8. The fourth-order valence-electron chi connectivity index (χ4n) is 3.08. The molecule has 0 unspecified atom stereocenters. The standard InChI is InChI=1S/C23H30ClN3O2/c1-16(2)13-21(26-22(28)17-9-11-20(24)12-10-17)23(29)25-14-18-7-5-6-8-19(18)15-27(3)4/h5-12,16,21H,13-15H2,1-4H3,(H,25,29)(H,26,28)/t21-/m1/s1. The van der Waals surface area contributed by atoms with Crippen LogP contribution >= 0.6 is 11.6 Å². The lowest BCUT2D eigenvalue weighted by atomic mass is 10.0. The van der Waals surface area contributed by atoms with E-state index in [4.69, 9.17) is 11.6 Å². The van der Waals surface area contributed by atoms with Crippen LogP contribution in [0.3, 0.4) is 0 Å². The van der Waals surface area contributed by atoms with E-state index in [0.29, 0.717) is 23.6 Å². The van der Waals surface area contributed by atoms with Crippen LogP contribution in [0, 0.1) is 5.92 Å². The van der Waals surface area contributed by atoms with E-state index in [9.17, 15) is 9.59 Å². The van der Waals surface area contributed by atoms with Crippen LogP contribution in [0.4, 0.5) is 0 Å². The molecule has 2 N–H and O–H groups in total. The monoisotopic (exact) mass is 415 g/mol. The molecule has 0 aliphatic heterocycles. The van der Waals surface area contributed by atoms with Crippen LogP contribution in [0.15, 0.2) is 48.5 Å². The summed E-state index contributed by atoms with van der Waals surface area (Å²) in [5.41, 5.74) is 2.72. The number of benzene rings is 2. The van der Waals surface area contributed by atoms with Gasteiger partial charge in [-0.15, -0.1) is 0 Å². The third kappa shape index (κ3) is 7.52. The molecular formula is C23H30ClN3O2. The highest BCUT2D eigenvalue weighted by atomic mass is 35.5. The first-order chi connectivity index (χ1) is 13.8. The first-order valence-electron chi connectivity index (χ1n) is 9.82. The molecule has 0 fully saturated rings. The zero-order valence-corrected chi connectivity index (χ0v) is 18.3. The minimum absolute atomic E-state index is 0.180. The summed E-state index contributed by atoms with van der Waals surface area (Å²) < 4.78 is 0. The highest BCUT2D eigenvalue weighted by molar-refractivity contribution is 6.30. The number of hydrogen-bond donors (Lipinski definition) is 2. The summed E-state index contributed by atoms with van der Waals surface area (Å²) in [5, 5.41) is 6.42. The Morgan fingerprint density at radius 2 is 1.62 bits per heavy atom. The largest absolute Gasteiger partial charge is 0.350 e. The minimum Gasteiger partial charge on any atom is -0.350 e. The molecule has 1 atom stereocenters. The smallest absolute Gasteiger partial charge is 0.251 e. The van der Waals surface area contributed by atoms with Crippen LogP contribution in [0.5, 0.6) is 0 Å². The van der Waals surface area contributed by atoms with Crippen molar-refractivity contribution in [1.82, 2.24) is 15.5 Å². The van der Waals surface area contributed by atoms with Crippen LogP contribution in [-0.2, 0) is 17.9 Å². The minimum atomic E-state index is -0.598. The lowest BCUT2D eigenvalue weighted by Crippen LogP contribution is -2.47. The summed E-state index contributed by atoms with van der Waals surface area (Å²) in [4.78, 5) is 27.5. The third-order valence-corrected chi connectivity index (χ3v) is 4.75. The summed E-state index contributed by atoms with van der Waals surface area (Å²) in [6.45, 7) is 5.28. The van der Waals surface area contributed by atoms with Gasteiger partial charge in [0.1, 0.15) is 6.04 Å². The molecule has 2 amide bonds. The Morgan fingerprint density at radius 3 is 2.21 bits per heavy atom. The molecular weight excluding hydrogens is 386 g/mol. The topological polar surface area (TPSA) is 61.4 Å². The van der Waals surface area contributed by atoms with Crippen molar-refractivity contribution < 1.29 is 9.59 Å². The second kappa shape index (κ2) is 11.0. The highest BCUT2D eigenvalue weighted by Crippen LogP contribution is 2.13. The Balaban J connectivity index is 2.05. The van der Waals surface area contributed by atoms with Crippen LogP contribution < -0.4 is 10.6 Å². The fourth-order valence-corrected chi connectivity index (χ4v) is 3.20. The number of halogens is 1. The van der Waals surface area contributed by atoms with Crippen molar-refractivity contribution in [2.24, 2.45) is 5.92 Å². The van der Waals surface area contributed by atoms with Crippen molar-refractivity contribution in [2.75, 3.05) is 14.1 Å². The molecule has 0 spiro atoms. The van der Waals surface area contributed by atoms with E-state index in [0.717, 1.165) is 12.1 Å². The molecule has 5 nitrogen and oxygen atoms in total. The molecule has 0 saturated carbocycles. The zero-order chi connectivity index (χ0) is 21.4. The van der Waals surface area contributed by atoms with Crippen molar-refractivity contribution in [1.29, 1.82) is 0 Å². The summed E-state index contributed by atoms with van der Waals surface area (Å²) in [6, 6.07) is 14.1. The lowest BCUT2D eigenvalue weighted by Gasteiger charge is -2.21. The molecule has 29 heavy (non-hydrogen) atoms. The predicted octanol–water partition coefficient (Wildman–Crippen LogP) is 3.86. The highest BCUT2D eigenvalue weighted by Gasteiger charge is 2.22. The van der Waals surface area contributed by atoms with Crippen molar-refractivity contribution in [2.45, 2.75) is 39.4 Å². The molecule has 0 aliphatic rings. The van der Waals surface area contributed by atoms with Gasteiger partial charge < -0.3 is 15.5 Å². The van der Waals surface area contributed by atoms with Gasteiger partial charge in [0.25, 0.3) is 5.91 Å². The molecule has 0 saturated heterocycles. The normalized spacial score (nSPS) is 12.1. The number of nitrogens with zero attached hydrogens (tertiary/aromatic N) is 1. The van der Waals surface area contributed by atoms with E-state index in [1.807, 2.05) is 46.1 Å². The number of nitrogens with one attached hydrogen (secondary N) is 2. The van der Waals surface area contributed by atoms with E-state index < -0.39 is 6.04 Å². The van der Waals surface area contributed by atoms with Gasteiger partial charge in [-0.3, -0.25) is 9.59 Å². The van der Waals surface area contributed by atoms with Gasteiger partial charge in [-0.1, -0.05) is 49.7 Å². The molecule has 0 bridgehead atoms. The maximum Gasteiger partial charge on any atom is 0.251 e. The predicted molar refractivity (Wildman–Crippen MR) is 118 cm³/mol. The van der Waals surface area contributed by atoms with Gasteiger partial charge in [-0.25, -0.2) is 0 Å². The maximum absolute atomic E-state index is 12.8. The number of hydrogen-bond acceptors (Lipinski definition) is 3. The first-order valence-corrected chi connectivity index (χ1v) is 10.2. The van der Waals surface area contributed by atoms with E-state index in [-0.39, 0.29) is 17.7 Å². The van der Waals surface area contributed by atoms with Crippen molar-refractivity contribution in [3.8, 4) is 0 Å². The molecule has 6 heteroatoms. The van der Waals surface area contributed by atoms with Crippen LogP contribution in [0.25, 0.3) is 0 Å². The molecule has 0 radical (unpaired) electrons. The summed E-state index contributed by atoms with van der Waals surface area (Å²) in [6.07, 6.45) is 0.560. The Morgan fingerprint density at radius 1 is 1.00 bits per heavy atom. The van der Waals surface area contributed by atoms with E-state index in [2.05, 4.69) is 21.6 Å². The molecule has 2 rings (SSSR count). The summed E-state index contributed by atoms with van der Waals surface area (Å²) in [5.74, 6) is -0.201. The lowest BCUT2D eigenvalue weighted by molar-refractivity contribution is -0.123. The van der Waals surface area contributed by atoms with Gasteiger partial charge in [0.05, 0.1) is 0 Å². The third-order valence-electron chi connectivity index (χ3n) is 4.49. The van der Waals surface area contributed by atoms with Crippen LogP contribution in [0.1, 0.15) is 41.8 Å². The first kappa shape index (κ1) is 22.9. The Labute approximate surface area is 178 Å². The summed E-state index contributed by atoms with van der Waals surface area (Å²) in [7, 11) is 4.03. The SMILES string of the molecule is CC(C)C[C@@H](NC(=O)c1ccc(Cl)cc1)C(=O)NCc1ccccc1CN(C)C. The average molecular weight is 416 g/mol. The number of carbonyl (C=O) groups excluding carboxylic acids is 2. The quantitative estimate of drug-likeness (QED) is 0.653. The van der Waals surface area contributed by atoms with E-state index in [1.54, 1.807) is 24.3 Å². The van der Waals surface area contributed by atoms with Gasteiger partial charge >= 0.3 is 0 Å². The molecule has 0 heterocycles. The number of amides is 2. The van der Waals surface area contributed by atoms with Gasteiger partial charge in [0.15, 0.2) is 0 Å². The Hall–Kier alpha value is -2.37. The van der Waals surface area contributed by atoms with Crippen LogP contribution in [-0.4, -0.2) is 36.9 Å². The molecule has 156 valence electrons. The average Bonchev–Trinajstić information content (AvgIpc) is 2.66. The van der Waals surface area contributed by atoms with E-state index >= 15 is 0 Å². The fraction of sp³-hybridized carbons (Fsp3) is 0.391. The second-order valence-electron chi connectivity index (χ2n) is 7.89. The molecule has 2 aromatic carbocycles. The second-order valence-corrected chi connectivity index (χ2v) is 8.32. The van der Waals surface area contributed by atoms with Crippen molar-refractivity contribution in [3.63, 3.8) is 0 Å². The van der Waals surface area contributed by atoms with Gasteiger partial charge in [0, 0.05) is 23.7 Å². The number of carbonyl (C=O) groups is 2. The van der Waals surface area contributed by atoms with E-state index in [1.165, 1.54) is 5.56 Å². The van der Waals surface area contributed by atoms with Crippen molar-refractivity contribution in [3.05, 3.63) is 70.2 Å². The zero-order valence-electron chi connectivity index (χ0n) is 17.5. The summed E-state index contributed by atoms with van der Waals surface area (Å²) >= 11 is 5.89. The molecule has 0 aliphatic carbocycles. The van der Waals surface area contributed by atoms with Crippen LogP contribution in [0.2, 0.25) is 5.02 Å². The van der Waals surface area contributed by atoms with Gasteiger partial charge in [-0.2, -0.15) is 0 Å². The molecule has 0 aromatic heterocycles. The molecule has 2 aromatic rings.